The number of nitrogens with one attached hydrogen (secondary N) is 1. The molecule has 0 unspecified atom stereocenters. The van der Waals surface area contributed by atoms with Crippen molar-refractivity contribution in [1.82, 2.24) is 0 Å². The topological polar surface area (TPSA) is 66.2 Å². The first-order chi connectivity index (χ1) is 4.18. The minimum absolute atomic E-state index is 0.472. The number of rotatable bonds is 0. The molecule has 1 aromatic rings. The fourth-order valence-electron chi connectivity index (χ4n) is 0.578. The summed E-state index contributed by atoms with van der Waals surface area (Å²) in [5, 5.41) is 0.545. The van der Waals surface area contributed by atoms with Gasteiger partial charge in [0.15, 0.2) is 0 Å². The Morgan fingerprint density at radius 2 is 1.67 bits per heavy atom. The molecular formula is C5H7ClN3+. The number of aromatic nitrogens is 1. The second kappa shape index (κ2) is 2.11. The highest BCUT2D eigenvalue weighted by Crippen LogP contribution is 2.09. The Balaban J connectivity index is 3.17. The van der Waals surface area contributed by atoms with Crippen molar-refractivity contribution >= 4 is 23.2 Å². The van der Waals surface area contributed by atoms with Gasteiger partial charge in [0.25, 0.3) is 0 Å². The highest BCUT2D eigenvalue weighted by molar-refractivity contribution is 6.30. The van der Waals surface area contributed by atoms with Gasteiger partial charge in [-0.2, -0.15) is 0 Å². The quantitative estimate of drug-likeness (QED) is 0.551. The van der Waals surface area contributed by atoms with Gasteiger partial charge in [-0.05, 0) is 0 Å². The SMILES string of the molecule is Nc1cc(Cl)cc(N)[nH+]1. The lowest BCUT2D eigenvalue weighted by Gasteiger charge is -1.90. The molecule has 0 bridgehead atoms. The summed E-state index contributed by atoms with van der Waals surface area (Å²) in [5.41, 5.74) is 10.7. The third-order valence-corrected chi connectivity index (χ3v) is 1.09. The van der Waals surface area contributed by atoms with E-state index in [1.54, 1.807) is 12.1 Å². The van der Waals surface area contributed by atoms with Crippen LogP contribution in [0, 0.1) is 0 Å². The minimum atomic E-state index is 0.472. The first kappa shape index (κ1) is 6.16. The molecule has 4 heteroatoms. The van der Waals surface area contributed by atoms with Crippen LogP contribution in [0.5, 0.6) is 0 Å². The molecule has 1 aromatic heterocycles. The number of hydrogen-bond donors (Lipinski definition) is 2. The number of nitrogens with two attached hydrogens (primary N) is 2. The van der Waals surface area contributed by atoms with E-state index in [0.29, 0.717) is 16.7 Å². The number of pyridine rings is 1. The van der Waals surface area contributed by atoms with Crippen LogP contribution in [0.15, 0.2) is 12.1 Å². The van der Waals surface area contributed by atoms with Crippen molar-refractivity contribution in [2.75, 3.05) is 11.5 Å². The number of aromatic amines is 1. The fraction of sp³-hybridized carbons (Fsp3) is 0. The average Bonchev–Trinajstić information content (AvgIpc) is 1.59. The molecule has 0 saturated heterocycles. The van der Waals surface area contributed by atoms with Crippen molar-refractivity contribution < 1.29 is 4.98 Å². The Bertz CT molecular complexity index is 173. The number of H-pyrrole nitrogens is 1. The summed E-state index contributed by atoms with van der Waals surface area (Å²) >= 11 is 5.57. The zero-order valence-corrected chi connectivity index (χ0v) is 5.44. The second-order valence-electron chi connectivity index (χ2n) is 1.71. The number of anilines is 2. The smallest absolute Gasteiger partial charge is 0.218 e. The van der Waals surface area contributed by atoms with Gasteiger partial charge >= 0.3 is 0 Å². The molecule has 0 aromatic carbocycles. The first-order valence-corrected chi connectivity index (χ1v) is 2.80. The first-order valence-electron chi connectivity index (χ1n) is 2.42. The molecule has 1 heterocycles. The van der Waals surface area contributed by atoms with Crippen LogP contribution in [0.3, 0.4) is 0 Å². The third-order valence-electron chi connectivity index (χ3n) is 0.875. The van der Waals surface area contributed by atoms with Gasteiger partial charge in [0.2, 0.25) is 11.6 Å². The molecule has 0 fully saturated rings. The van der Waals surface area contributed by atoms with Gasteiger partial charge in [-0.3, -0.25) is 0 Å². The molecule has 5 N–H and O–H groups in total. The van der Waals surface area contributed by atoms with Crippen LogP contribution in [0.25, 0.3) is 0 Å². The molecule has 0 amide bonds. The van der Waals surface area contributed by atoms with E-state index < -0.39 is 0 Å². The summed E-state index contributed by atoms with van der Waals surface area (Å²) in [7, 11) is 0. The summed E-state index contributed by atoms with van der Waals surface area (Å²) in [6.07, 6.45) is 0. The molecule has 9 heavy (non-hydrogen) atoms. The van der Waals surface area contributed by atoms with E-state index in [0.717, 1.165) is 0 Å². The molecule has 0 radical (unpaired) electrons. The Hall–Kier alpha value is -0.960. The van der Waals surface area contributed by atoms with Crippen LogP contribution in [0.4, 0.5) is 11.6 Å². The molecule has 0 aliphatic rings. The van der Waals surface area contributed by atoms with E-state index in [2.05, 4.69) is 4.98 Å². The Kier molecular flexibility index (Phi) is 1.44. The Labute approximate surface area is 57.6 Å². The minimum Gasteiger partial charge on any atom is -0.319 e. The summed E-state index contributed by atoms with van der Waals surface area (Å²) < 4.78 is 0. The van der Waals surface area contributed by atoms with Crippen LogP contribution in [-0.2, 0) is 0 Å². The molecule has 0 spiro atoms. The van der Waals surface area contributed by atoms with E-state index in [-0.39, 0.29) is 0 Å². The fourth-order valence-corrected chi connectivity index (χ4v) is 0.813. The monoisotopic (exact) mass is 144 g/mol. The Morgan fingerprint density at radius 3 is 2.00 bits per heavy atom. The predicted molar refractivity (Wildman–Crippen MR) is 36.8 cm³/mol. The van der Waals surface area contributed by atoms with Crippen molar-refractivity contribution in [3.63, 3.8) is 0 Å². The number of halogens is 1. The van der Waals surface area contributed by atoms with Crippen LogP contribution >= 0.6 is 11.6 Å². The highest BCUT2D eigenvalue weighted by atomic mass is 35.5. The zero-order valence-electron chi connectivity index (χ0n) is 4.69. The van der Waals surface area contributed by atoms with Gasteiger partial charge in [-0.25, -0.2) is 4.98 Å². The van der Waals surface area contributed by atoms with E-state index in [4.69, 9.17) is 23.1 Å². The van der Waals surface area contributed by atoms with Crippen LogP contribution in [-0.4, -0.2) is 0 Å². The molecule has 3 nitrogen and oxygen atoms in total. The maximum atomic E-state index is 5.57. The summed E-state index contributed by atoms with van der Waals surface area (Å²) in [5.74, 6) is 0.944. The van der Waals surface area contributed by atoms with Crippen molar-refractivity contribution in [2.45, 2.75) is 0 Å². The van der Waals surface area contributed by atoms with E-state index in [1.807, 2.05) is 0 Å². The lowest BCUT2D eigenvalue weighted by molar-refractivity contribution is -0.342. The van der Waals surface area contributed by atoms with Gasteiger partial charge in [-0.15, -0.1) is 0 Å². The van der Waals surface area contributed by atoms with Crippen LogP contribution < -0.4 is 16.5 Å². The van der Waals surface area contributed by atoms with Crippen LogP contribution in [0.1, 0.15) is 0 Å². The summed E-state index contributed by atoms with van der Waals surface area (Å²) in [6.45, 7) is 0. The summed E-state index contributed by atoms with van der Waals surface area (Å²) in [6, 6.07) is 3.19. The standard InChI is InChI=1S/C5H6ClN3/c6-3-1-4(7)9-5(8)2-3/h1-2H,(H4,7,8,9)/p+1. The lowest BCUT2D eigenvalue weighted by Crippen LogP contribution is -2.14. The molecule has 1 rings (SSSR count). The van der Waals surface area contributed by atoms with E-state index in [9.17, 15) is 0 Å². The molecule has 48 valence electrons. The molecule has 0 atom stereocenters. The van der Waals surface area contributed by atoms with E-state index in [1.165, 1.54) is 0 Å². The van der Waals surface area contributed by atoms with Gasteiger partial charge in [0.05, 0.1) is 5.02 Å². The molecule has 0 aliphatic heterocycles. The van der Waals surface area contributed by atoms with Gasteiger partial charge < -0.3 is 11.5 Å². The highest BCUT2D eigenvalue weighted by Gasteiger charge is 1.96. The van der Waals surface area contributed by atoms with Crippen molar-refractivity contribution in [3.8, 4) is 0 Å². The predicted octanol–water partition coefficient (Wildman–Crippen LogP) is 0.318. The van der Waals surface area contributed by atoms with Gasteiger partial charge in [-0.1, -0.05) is 11.6 Å². The lowest BCUT2D eigenvalue weighted by atomic mass is 10.4. The normalized spacial score (nSPS) is 9.44. The van der Waals surface area contributed by atoms with Crippen molar-refractivity contribution in [3.05, 3.63) is 17.2 Å². The molecule has 0 saturated carbocycles. The average molecular weight is 145 g/mol. The van der Waals surface area contributed by atoms with E-state index >= 15 is 0 Å². The number of nitrogen functional groups attached to an aromatic ring is 2. The second-order valence-corrected chi connectivity index (χ2v) is 2.15. The van der Waals surface area contributed by atoms with Crippen molar-refractivity contribution in [1.29, 1.82) is 0 Å². The van der Waals surface area contributed by atoms with Crippen LogP contribution in [0.2, 0.25) is 5.02 Å². The van der Waals surface area contributed by atoms with Crippen molar-refractivity contribution in [2.24, 2.45) is 0 Å². The molecule has 0 aliphatic carbocycles. The zero-order chi connectivity index (χ0) is 6.85. The largest absolute Gasteiger partial charge is 0.319 e. The third kappa shape index (κ3) is 1.47. The maximum absolute atomic E-state index is 5.57. The Morgan fingerprint density at radius 1 is 1.22 bits per heavy atom. The maximum Gasteiger partial charge on any atom is 0.218 e. The van der Waals surface area contributed by atoms with Gasteiger partial charge in [0, 0.05) is 12.1 Å². The van der Waals surface area contributed by atoms with Gasteiger partial charge in [0.1, 0.15) is 0 Å². The number of hydrogen-bond acceptors (Lipinski definition) is 2. The molecular weight excluding hydrogens is 138 g/mol. The summed E-state index contributed by atoms with van der Waals surface area (Å²) in [4.78, 5) is 2.68.